The molecule has 0 aliphatic carbocycles. The smallest absolute Gasteiger partial charge is 0.286 e. The molecule has 0 atom stereocenters. The van der Waals surface area contributed by atoms with Gasteiger partial charge < -0.3 is 24.5 Å². The van der Waals surface area contributed by atoms with Crippen LogP contribution >= 0.6 is 0 Å². The van der Waals surface area contributed by atoms with Crippen molar-refractivity contribution in [3.8, 4) is 11.5 Å². The molecule has 0 radical (unpaired) electrons. The highest BCUT2D eigenvalue weighted by molar-refractivity contribution is 5.91. The van der Waals surface area contributed by atoms with Gasteiger partial charge in [0.15, 0.2) is 17.3 Å². The van der Waals surface area contributed by atoms with Crippen molar-refractivity contribution in [3.05, 3.63) is 47.9 Å². The third kappa shape index (κ3) is 4.76. The highest BCUT2D eigenvalue weighted by Gasteiger charge is 2.12. The normalized spacial score (nSPS) is 12.5. The first-order valence-electron chi connectivity index (χ1n) is 8.19. The molecule has 0 spiro atoms. The van der Waals surface area contributed by atoms with Gasteiger partial charge in [-0.1, -0.05) is 6.07 Å². The molecule has 0 saturated heterocycles. The molecule has 2 aromatic rings. The van der Waals surface area contributed by atoms with Gasteiger partial charge in [0.25, 0.3) is 5.91 Å². The van der Waals surface area contributed by atoms with E-state index in [4.69, 9.17) is 13.9 Å². The van der Waals surface area contributed by atoms with E-state index in [9.17, 15) is 9.59 Å². The summed E-state index contributed by atoms with van der Waals surface area (Å²) in [7, 11) is 0. The van der Waals surface area contributed by atoms with Crippen molar-refractivity contribution in [1.82, 2.24) is 10.6 Å². The molecule has 0 saturated carbocycles. The van der Waals surface area contributed by atoms with Crippen LogP contribution in [0.2, 0.25) is 0 Å². The van der Waals surface area contributed by atoms with Gasteiger partial charge in [-0.05, 0) is 36.2 Å². The van der Waals surface area contributed by atoms with Crippen LogP contribution in [0.4, 0.5) is 0 Å². The molecule has 0 bridgehead atoms. The van der Waals surface area contributed by atoms with Gasteiger partial charge in [0.2, 0.25) is 5.91 Å². The number of hydrogen-bond acceptors (Lipinski definition) is 5. The fraction of sp³-hybridized carbons (Fsp3) is 0.333. The van der Waals surface area contributed by atoms with Crippen molar-refractivity contribution >= 4 is 11.8 Å². The second-order valence-electron chi connectivity index (χ2n) is 5.56. The number of amides is 2. The highest BCUT2D eigenvalue weighted by Crippen LogP contribution is 2.30. The van der Waals surface area contributed by atoms with Gasteiger partial charge in [-0.25, -0.2) is 0 Å². The van der Waals surface area contributed by atoms with E-state index in [0.717, 1.165) is 17.1 Å². The largest absolute Gasteiger partial charge is 0.486 e. The number of rotatable bonds is 7. The molecule has 7 heteroatoms. The summed E-state index contributed by atoms with van der Waals surface area (Å²) < 4.78 is 16.0. The minimum atomic E-state index is -0.325. The lowest BCUT2D eigenvalue weighted by Crippen LogP contribution is -2.31. The number of carbonyl (C=O) groups excluding carboxylic acids is 2. The van der Waals surface area contributed by atoms with Gasteiger partial charge in [-0.3, -0.25) is 9.59 Å². The van der Waals surface area contributed by atoms with Gasteiger partial charge in [0, 0.05) is 19.5 Å². The van der Waals surface area contributed by atoms with Crippen molar-refractivity contribution in [3.63, 3.8) is 0 Å². The van der Waals surface area contributed by atoms with Crippen LogP contribution in [0.1, 0.15) is 22.5 Å². The molecule has 0 fully saturated rings. The Hall–Kier alpha value is -2.96. The summed E-state index contributed by atoms with van der Waals surface area (Å²) in [5, 5.41) is 5.47. The van der Waals surface area contributed by atoms with Gasteiger partial charge in [0.1, 0.15) is 13.2 Å². The molecule has 1 aliphatic heterocycles. The Balaban J connectivity index is 1.34. The number of fused-ring (bicyclic) bond motifs is 1. The maximum atomic E-state index is 11.8. The standard InChI is InChI=1S/C18H20N2O5/c21-17(6-8-20-18(22)15-2-1-9-23-15)19-7-5-13-3-4-14-16(12-13)25-11-10-24-14/h1-4,9,12H,5-8,10-11H2,(H,19,21)(H,20,22). The number of carbonyl (C=O) groups is 2. The number of nitrogens with one attached hydrogen (secondary N) is 2. The zero-order valence-corrected chi connectivity index (χ0v) is 13.7. The van der Waals surface area contributed by atoms with Crippen molar-refractivity contribution in [1.29, 1.82) is 0 Å². The van der Waals surface area contributed by atoms with E-state index in [2.05, 4.69) is 10.6 Å². The van der Waals surface area contributed by atoms with E-state index in [0.29, 0.717) is 26.2 Å². The summed E-state index contributed by atoms with van der Waals surface area (Å²) in [6.45, 7) is 1.90. The molecule has 1 aromatic carbocycles. The van der Waals surface area contributed by atoms with E-state index in [-0.39, 0.29) is 30.5 Å². The molecule has 1 aliphatic rings. The number of hydrogen-bond donors (Lipinski definition) is 2. The van der Waals surface area contributed by atoms with Crippen molar-refractivity contribution in [2.24, 2.45) is 0 Å². The number of furan rings is 1. The van der Waals surface area contributed by atoms with E-state index < -0.39 is 0 Å². The molecular formula is C18H20N2O5. The Morgan fingerprint density at radius 2 is 1.84 bits per heavy atom. The first kappa shape index (κ1) is 16.9. The summed E-state index contributed by atoms with van der Waals surface area (Å²) in [5.41, 5.74) is 1.07. The molecule has 2 heterocycles. The Kier molecular flexibility index (Phi) is 5.56. The SMILES string of the molecule is O=C(CCNC(=O)c1ccco1)NCCc1ccc2c(c1)OCCO2. The fourth-order valence-corrected chi connectivity index (χ4v) is 2.46. The van der Waals surface area contributed by atoms with Crippen LogP contribution in [0.3, 0.4) is 0 Å². The molecule has 25 heavy (non-hydrogen) atoms. The quantitative estimate of drug-likeness (QED) is 0.795. The Labute approximate surface area is 145 Å². The van der Waals surface area contributed by atoms with Crippen molar-refractivity contribution < 1.29 is 23.5 Å². The Morgan fingerprint density at radius 3 is 2.64 bits per heavy atom. The van der Waals surface area contributed by atoms with Crippen LogP contribution in [0.5, 0.6) is 11.5 Å². The second-order valence-corrected chi connectivity index (χ2v) is 5.56. The average Bonchev–Trinajstić information content (AvgIpc) is 3.16. The summed E-state index contributed by atoms with van der Waals surface area (Å²) in [6, 6.07) is 8.99. The van der Waals surface area contributed by atoms with Crippen molar-refractivity contribution in [2.75, 3.05) is 26.3 Å². The van der Waals surface area contributed by atoms with Gasteiger partial charge >= 0.3 is 0 Å². The summed E-state index contributed by atoms with van der Waals surface area (Å²) in [4.78, 5) is 23.4. The molecule has 132 valence electrons. The predicted octanol–water partition coefficient (Wildman–Crippen LogP) is 1.53. The van der Waals surface area contributed by atoms with E-state index in [1.807, 2.05) is 18.2 Å². The van der Waals surface area contributed by atoms with E-state index in [1.54, 1.807) is 12.1 Å². The molecule has 1 aromatic heterocycles. The van der Waals surface area contributed by atoms with Crippen LogP contribution in [0, 0.1) is 0 Å². The maximum Gasteiger partial charge on any atom is 0.286 e. The predicted molar refractivity (Wildman–Crippen MR) is 89.8 cm³/mol. The third-order valence-electron chi connectivity index (χ3n) is 3.73. The monoisotopic (exact) mass is 344 g/mol. The van der Waals surface area contributed by atoms with Crippen LogP contribution < -0.4 is 20.1 Å². The lowest BCUT2D eigenvalue weighted by molar-refractivity contribution is -0.120. The molecular weight excluding hydrogens is 324 g/mol. The molecule has 0 unspecified atom stereocenters. The Bertz CT molecular complexity index is 727. The van der Waals surface area contributed by atoms with Gasteiger partial charge in [-0.15, -0.1) is 0 Å². The van der Waals surface area contributed by atoms with Crippen molar-refractivity contribution in [2.45, 2.75) is 12.8 Å². The number of benzene rings is 1. The summed E-state index contributed by atoms with van der Waals surface area (Å²) >= 11 is 0. The van der Waals surface area contributed by atoms with E-state index >= 15 is 0 Å². The average molecular weight is 344 g/mol. The van der Waals surface area contributed by atoms with Gasteiger partial charge in [0.05, 0.1) is 6.26 Å². The zero-order valence-electron chi connectivity index (χ0n) is 13.7. The highest BCUT2D eigenvalue weighted by atomic mass is 16.6. The topological polar surface area (TPSA) is 89.8 Å². The first-order valence-corrected chi connectivity index (χ1v) is 8.19. The maximum absolute atomic E-state index is 11.8. The van der Waals surface area contributed by atoms with E-state index in [1.165, 1.54) is 6.26 Å². The lowest BCUT2D eigenvalue weighted by Gasteiger charge is -2.18. The zero-order chi connectivity index (χ0) is 17.5. The second kappa shape index (κ2) is 8.23. The summed E-state index contributed by atoms with van der Waals surface area (Å²) in [5.74, 6) is 1.30. The third-order valence-corrected chi connectivity index (χ3v) is 3.73. The minimum Gasteiger partial charge on any atom is -0.486 e. The first-order chi connectivity index (χ1) is 12.2. The van der Waals surface area contributed by atoms with Crippen LogP contribution in [-0.4, -0.2) is 38.1 Å². The van der Waals surface area contributed by atoms with Crippen LogP contribution in [-0.2, 0) is 11.2 Å². The molecule has 7 nitrogen and oxygen atoms in total. The fourth-order valence-electron chi connectivity index (χ4n) is 2.46. The molecule has 2 amide bonds. The van der Waals surface area contributed by atoms with Gasteiger partial charge in [-0.2, -0.15) is 0 Å². The summed E-state index contributed by atoms with van der Waals surface area (Å²) in [6.07, 6.45) is 2.34. The van der Waals surface area contributed by atoms with Crippen LogP contribution in [0.15, 0.2) is 41.0 Å². The van der Waals surface area contributed by atoms with Crippen LogP contribution in [0.25, 0.3) is 0 Å². The minimum absolute atomic E-state index is 0.114. The molecule has 2 N–H and O–H groups in total. The number of ether oxygens (including phenoxy) is 2. The lowest BCUT2D eigenvalue weighted by atomic mass is 10.1. The Morgan fingerprint density at radius 1 is 1.00 bits per heavy atom. The molecule has 3 rings (SSSR count).